The summed E-state index contributed by atoms with van der Waals surface area (Å²) in [7, 11) is 0. The summed E-state index contributed by atoms with van der Waals surface area (Å²) in [4.78, 5) is 27.8. The molecule has 0 saturated heterocycles. The van der Waals surface area contributed by atoms with Crippen molar-refractivity contribution in [1.29, 1.82) is 0 Å². The van der Waals surface area contributed by atoms with Gasteiger partial charge in [-0.25, -0.2) is 4.79 Å². The zero-order valence-electron chi connectivity index (χ0n) is 21.0. The zero-order chi connectivity index (χ0) is 25.2. The van der Waals surface area contributed by atoms with Gasteiger partial charge in [-0.05, 0) is 75.4 Å². The van der Waals surface area contributed by atoms with Crippen LogP contribution in [-0.2, 0) is 11.3 Å². The molecule has 0 fully saturated rings. The van der Waals surface area contributed by atoms with Gasteiger partial charge < -0.3 is 20.4 Å². The minimum atomic E-state index is -0.956. The highest BCUT2D eigenvalue weighted by Crippen LogP contribution is 2.43. The average Bonchev–Trinajstić information content (AvgIpc) is 2.72. The molecule has 0 bridgehead atoms. The summed E-state index contributed by atoms with van der Waals surface area (Å²) < 4.78 is 0. The predicted molar refractivity (Wildman–Crippen MR) is 135 cm³/mol. The maximum absolute atomic E-state index is 12.4. The van der Waals surface area contributed by atoms with Crippen LogP contribution in [0.5, 0.6) is 0 Å². The molecule has 1 aliphatic rings. The molecule has 0 saturated carbocycles. The molecule has 7 nitrogen and oxygen atoms in total. The first-order chi connectivity index (χ1) is 15.9. The summed E-state index contributed by atoms with van der Waals surface area (Å²) >= 11 is 0. The van der Waals surface area contributed by atoms with E-state index >= 15 is 0 Å². The van der Waals surface area contributed by atoms with Gasteiger partial charge in [0.15, 0.2) is 0 Å². The van der Waals surface area contributed by atoms with Gasteiger partial charge in [-0.3, -0.25) is 9.69 Å². The van der Waals surface area contributed by atoms with Crippen molar-refractivity contribution in [3.63, 3.8) is 0 Å². The van der Waals surface area contributed by atoms with Gasteiger partial charge >= 0.3 is 6.09 Å². The number of benzene rings is 2. The van der Waals surface area contributed by atoms with Crippen LogP contribution >= 0.6 is 0 Å². The Morgan fingerprint density at radius 3 is 2.29 bits per heavy atom. The zero-order valence-corrected chi connectivity index (χ0v) is 21.0. The molecule has 7 heteroatoms. The van der Waals surface area contributed by atoms with Crippen molar-refractivity contribution >= 4 is 17.7 Å². The molecule has 184 valence electrons. The van der Waals surface area contributed by atoms with Gasteiger partial charge in [0.05, 0.1) is 11.6 Å². The molecular weight excluding hydrogens is 430 g/mol. The van der Waals surface area contributed by atoms with E-state index in [4.69, 9.17) is 0 Å². The molecule has 34 heavy (non-hydrogen) atoms. The van der Waals surface area contributed by atoms with Crippen molar-refractivity contribution in [3.8, 4) is 11.1 Å². The second kappa shape index (κ2) is 10.2. The van der Waals surface area contributed by atoms with Gasteiger partial charge in [0.1, 0.15) is 0 Å². The summed E-state index contributed by atoms with van der Waals surface area (Å²) in [6.07, 6.45) is -0.408. The number of nitrogens with one attached hydrogen (secondary N) is 1. The first-order valence-corrected chi connectivity index (χ1v) is 11.9. The quantitative estimate of drug-likeness (QED) is 0.544. The van der Waals surface area contributed by atoms with Gasteiger partial charge in [-0.2, -0.15) is 0 Å². The van der Waals surface area contributed by atoms with E-state index in [1.807, 2.05) is 63.2 Å². The van der Waals surface area contributed by atoms with E-state index in [1.54, 1.807) is 25.7 Å². The number of carbonyl (C=O) groups excluding carboxylic acids is 1. The maximum atomic E-state index is 12.4. The van der Waals surface area contributed by atoms with Crippen LogP contribution in [0.25, 0.3) is 11.1 Å². The lowest BCUT2D eigenvalue weighted by Crippen LogP contribution is -2.48. The van der Waals surface area contributed by atoms with E-state index in [9.17, 15) is 19.8 Å². The highest BCUT2D eigenvalue weighted by atomic mass is 16.4. The standard InChI is InChI=1S/C27H37N3O4/c1-17(2)29(26(32)33)25-13-18(3)30(19(4)31)24-12-11-22(14-23(24)25)21-9-7-20(8-10-21)15-28-16-27(5,6)34/h7-12,14,17-18,25,28,34H,13,15-16H2,1-6H3,(H,32,33). The average molecular weight is 468 g/mol. The number of hydrogen-bond donors (Lipinski definition) is 3. The topological polar surface area (TPSA) is 93.1 Å². The third-order valence-electron chi connectivity index (χ3n) is 6.28. The maximum Gasteiger partial charge on any atom is 0.408 e. The Bertz CT molecular complexity index is 1030. The second-order valence-corrected chi connectivity index (χ2v) is 10.2. The van der Waals surface area contributed by atoms with E-state index in [1.165, 1.54) is 4.90 Å². The molecule has 0 spiro atoms. The number of aliphatic hydroxyl groups is 1. The number of anilines is 1. The highest BCUT2D eigenvalue weighted by Gasteiger charge is 2.38. The Morgan fingerprint density at radius 1 is 1.15 bits per heavy atom. The van der Waals surface area contributed by atoms with E-state index in [0.717, 1.165) is 27.9 Å². The second-order valence-electron chi connectivity index (χ2n) is 10.2. The van der Waals surface area contributed by atoms with Crippen molar-refractivity contribution in [2.45, 2.75) is 78.2 Å². The van der Waals surface area contributed by atoms with Gasteiger partial charge in [-0.15, -0.1) is 0 Å². The van der Waals surface area contributed by atoms with Crippen LogP contribution in [0.3, 0.4) is 0 Å². The minimum Gasteiger partial charge on any atom is -0.465 e. The fraction of sp³-hybridized carbons (Fsp3) is 0.481. The van der Waals surface area contributed by atoms with Crippen LogP contribution < -0.4 is 10.2 Å². The van der Waals surface area contributed by atoms with E-state index in [2.05, 4.69) is 5.32 Å². The number of amides is 2. The lowest BCUT2D eigenvalue weighted by molar-refractivity contribution is -0.117. The molecule has 2 aromatic rings. The first kappa shape index (κ1) is 25.7. The number of nitrogens with zero attached hydrogens (tertiary/aromatic N) is 2. The number of rotatable bonds is 7. The van der Waals surface area contributed by atoms with Gasteiger partial charge in [-0.1, -0.05) is 30.3 Å². The monoisotopic (exact) mass is 467 g/mol. The fourth-order valence-corrected chi connectivity index (χ4v) is 4.80. The number of carboxylic acid groups (broad SMARTS) is 1. The SMILES string of the molecule is CC(=O)N1c2ccc(-c3ccc(CNCC(C)(C)O)cc3)cc2C(N(C(=O)O)C(C)C)CC1C. The Balaban J connectivity index is 1.96. The molecule has 1 aliphatic heterocycles. The van der Waals surface area contributed by atoms with Crippen molar-refractivity contribution < 1.29 is 19.8 Å². The van der Waals surface area contributed by atoms with Crippen molar-refractivity contribution in [2.75, 3.05) is 11.4 Å². The molecule has 2 atom stereocenters. The third kappa shape index (κ3) is 5.77. The summed E-state index contributed by atoms with van der Waals surface area (Å²) in [6, 6.07) is 13.5. The predicted octanol–water partition coefficient (Wildman–Crippen LogP) is 4.79. The number of hydrogen-bond acceptors (Lipinski definition) is 4. The van der Waals surface area contributed by atoms with Crippen molar-refractivity contribution in [1.82, 2.24) is 10.2 Å². The van der Waals surface area contributed by atoms with Crippen LogP contribution in [0.1, 0.15) is 65.1 Å². The smallest absolute Gasteiger partial charge is 0.408 e. The fourth-order valence-electron chi connectivity index (χ4n) is 4.80. The number of carbonyl (C=O) groups is 2. The van der Waals surface area contributed by atoms with Crippen LogP contribution in [-0.4, -0.2) is 51.3 Å². The van der Waals surface area contributed by atoms with Gasteiger partial charge in [0.2, 0.25) is 5.91 Å². The van der Waals surface area contributed by atoms with E-state index in [-0.39, 0.29) is 24.0 Å². The molecule has 2 amide bonds. The Hall–Kier alpha value is -2.90. The minimum absolute atomic E-state index is 0.0470. The highest BCUT2D eigenvalue weighted by molar-refractivity contribution is 5.94. The van der Waals surface area contributed by atoms with E-state index in [0.29, 0.717) is 19.5 Å². The Labute approximate surface area is 202 Å². The Kier molecular flexibility index (Phi) is 7.68. The Morgan fingerprint density at radius 2 is 1.76 bits per heavy atom. The molecule has 2 unspecified atom stereocenters. The van der Waals surface area contributed by atoms with Crippen LogP contribution in [0, 0.1) is 0 Å². The van der Waals surface area contributed by atoms with Gasteiger partial charge in [0, 0.05) is 37.8 Å². The molecule has 1 heterocycles. The van der Waals surface area contributed by atoms with Crippen LogP contribution in [0.15, 0.2) is 42.5 Å². The number of fused-ring (bicyclic) bond motifs is 1. The summed E-state index contributed by atoms with van der Waals surface area (Å²) in [6.45, 7) is 12.0. The normalized spacial score (nSPS) is 18.1. The summed E-state index contributed by atoms with van der Waals surface area (Å²) in [5.74, 6) is -0.0470. The molecule has 0 aromatic heterocycles. The molecular formula is C27H37N3O4. The molecule has 3 N–H and O–H groups in total. The summed E-state index contributed by atoms with van der Waals surface area (Å²) in [5, 5.41) is 23.1. The molecule has 0 radical (unpaired) electrons. The molecule has 2 aromatic carbocycles. The lowest BCUT2D eigenvalue weighted by Gasteiger charge is -2.43. The first-order valence-electron chi connectivity index (χ1n) is 11.9. The van der Waals surface area contributed by atoms with Crippen molar-refractivity contribution in [2.24, 2.45) is 0 Å². The van der Waals surface area contributed by atoms with Gasteiger partial charge in [0.25, 0.3) is 0 Å². The van der Waals surface area contributed by atoms with Crippen LogP contribution in [0.4, 0.5) is 10.5 Å². The van der Waals surface area contributed by atoms with Crippen molar-refractivity contribution in [3.05, 3.63) is 53.6 Å². The summed E-state index contributed by atoms with van der Waals surface area (Å²) in [5.41, 5.74) is 3.98. The van der Waals surface area contributed by atoms with Crippen LogP contribution in [0.2, 0.25) is 0 Å². The molecule has 0 aliphatic carbocycles. The largest absolute Gasteiger partial charge is 0.465 e. The molecule has 3 rings (SSSR count). The lowest BCUT2D eigenvalue weighted by atomic mass is 9.87. The third-order valence-corrected chi connectivity index (χ3v) is 6.28. The van der Waals surface area contributed by atoms with E-state index < -0.39 is 11.7 Å².